The summed E-state index contributed by atoms with van der Waals surface area (Å²) in [5.74, 6) is 1.61. The molecule has 8 rings (SSSR count). The summed E-state index contributed by atoms with van der Waals surface area (Å²) in [6.45, 7) is 4.66. The molecular weight excluding hydrogens is 537 g/mol. The Kier molecular flexibility index (Phi) is 6.29. The Morgan fingerprint density at radius 1 is 0.976 bits per heavy atom. The Hall–Kier alpha value is -3.03. The number of hydrogen-bond donors (Lipinski definition) is 0. The van der Waals surface area contributed by atoms with Crippen molar-refractivity contribution in [3.05, 3.63) is 53.4 Å². The molecule has 1 aliphatic carbocycles. The maximum Gasteiger partial charge on any atom is 0.319 e. The van der Waals surface area contributed by atoms with E-state index in [2.05, 4.69) is 14.8 Å². The minimum absolute atomic E-state index is 0.0443. The third-order valence-corrected chi connectivity index (χ3v) is 10.5. The molecule has 1 saturated carbocycles. The van der Waals surface area contributed by atoms with Gasteiger partial charge in [-0.3, -0.25) is 9.88 Å². The van der Waals surface area contributed by atoms with Gasteiger partial charge in [0, 0.05) is 35.3 Å². The van der Waals surface area contributed by atoms with Crippen LogP contribution in [0.25, 0.3) is 32.9 Å². The van der Waals surface area contributed by atoms with E-state index in [0.717, 1.165) is 55.6 Å². The standard InChI is InChI=1S/C33H35ClFN5O/c34-26-9-4-7-23-6-3-8-24(27(23)26)29-28(35)30-25(17-36-29)31(39-18-21-10-11-22(16-21)19-39)38-32(37-30)41-20-33-12-1-2-14-40(33)15-5-13-33/h3-4,6-9,17,21-22H,1-2,5,10-16,18-20H2. The van der Waals surface area contributed by atoms with Crippen LogP contribution < -0.4 is 9.64 Å². The lowest BCUT2D eigenvalue weighted by molar-refractivity contribution is 0.0388. The van der Waals surface area contributed by atoms with Crippen molar-refractivity contribution >= 4 is 39.1 Å². The molecule has 0 N–H and O–H groups in total. The summed E-state index contributed by atoms with van der Waals surface area (Å²) in [5.41, 5.74) is 1.22. The number of hydrogen-bond acceptors (Lipinski definition) is 6. The monoisotopic (exact) mass is 571 g/mol. The molecule has 2 aromatic heterocycles. The molecule has 3 saturated heterocycles. The van der Waals surface area contributed by atoms with Crippen molar-refractivity contribution in [3.63, 3.8) is 0 Å². The van der Waals surface area contributed by atoms with E-state index >= 15 is 4.39 Å². The van der Waals surface area contributed by atoms with E-state index in [4.69, 9.17) is 26.3 Å². The Morgan fingerprint density at radius 3 is 2.61 bits per heavy atom. The molecule has 212 valence electrons. The van der Waals surface area contributed by atoms with E-state index in [1.165, 1.54) is 38.5 Å². The van der Waals surface area contributed by atoms with Crippen LogP contribution in [0.15, 0.2) is 42.6 Å². The van der Waals surface area contributed by atoms with E-state index in [1.54, 1.807) is 6.20 Å². The minimum Gasteiger partial charge on any atom is -0.461 e. The first-order valence-electron chi connectivity index (χ1n) is 15.2. The zero-order chi connectivity index (χ0) is 27.6. The van der Waals surface area contributed by atoms with Crippen molar-refractivity contribution in [2.45, 2.75) is 56.9 Å². The highest BCUT2D eigenvalue weighted by molar-refractivity contribution is 6.36. The van der Waals surface area contributed by atoms with Crippen LogP contribution in [0.5, 0.6) is 6.01 Å². The fraction of sp³-hybridized carbons (Fsp3) is 0.485. The molecule has 0 amide bonds. The maximum atomic E-state index is 16.6. The van der Waals surface area contributed by atoms with Gasteiger partial charge in [0.2, 0.25) is 0 Å². The Morgan fingerprint density at radius 2 is 1.76 bits per heavy atom. The second kappa shape index (κ2) is 10.1. The number of anilines is 1. The van der Waals surface area contributed by atoms with Gasteiger partial charge < -0.3 is 9.64 Å². The molecule has 0 radical (unpaired) electrons. The second-order valence-corrected chi connectivity index (χ2v) is 13.1. The lowest BCUT2D eigenvalue weighted by Crippen LogP contribution is -2.51. The second-order valence-electron chi connectivity index (χ2n) is 12.7. The molecule has 41 heavy (non-hydrogen) atoms. The number of ether oxygens (including phenoxy) is 1. The number of benzene rings is 2. The molecule has 3 unspecified atom stereocenters. The quantitative estimate of drug-likeness (QED) is 0.251. The topological polar surface area (TPSA) is 54.4 Å². The summed E-state index contributed by atoms with van der Waals surface area (Å²) >= 11 is 6.62. The van der Waals surface area contributed by atoms with Crippen LogP contribution in [-0.4, -0.2) is 58.2 Å². The first-order valence-corrected chi connectivity index (χ1v) is 15.6. The van der Waals surface area contributed by atoms with Crippen molar-refractivity contribution < 1.29 is 9.13 Å². The van der Waals surface area contributed by atoms with E-state index in [9.17, 15) is 0 Å². The van der Waals surface area contributed by atoms with Gasteiger partial charge in [0.15, 0.2) is 5.82 Å². The molecule has 2 bridgehead atoms. The molecule has 4 aromatic rings. The summed E-state index contributed by atoms with van der Waals surface area (Å²) in [7, 11) is 0. The predicted octanol–water partition coefficient (Wildman–Crippen LogP) is 7.27. The molecule has 8 heteroatoms. The Labute approximate surface area is 244 Å². The Bertz CT molecular complexity index is 1630. The van der Waals surface area contributed by atoms with Crippen molar-refractivity contribution in [3.8, 4) is 17.3 Å². The number of aromatic nitrogens is 3. The fourth-order valence-electron chi connectivity index (χ4n) is 8.21. The smallest absolute Gasteiger partial charge is 0.319 e. The van der Waals surface area contributed by atoms with Crippen molar-refractivity contribution in [1.82, 2.24) is 19.9 Å². The zero-order valence-corrected chi connectivity index (χ0v) is 24.0. The van der Waals surface area contributed by atoms with Crippen LogP contribution in [0.3, 0.4) is 0 Å². The van der Waals surface area contributed by atoms with Crippen molar-refractivity contribution in [2.24, 2.45) is 11.8 Å². The number of pyridine rings is 1. The summed E-state index contributed by atoms with van der Waals surface area (Å²) in [4.78, 5) is 19.3. The molecule has 0 spiro atoms. The molecule has 3 atom stereocenters. The lowest BCUT2D eigenvalue weighted by Gasteiger charge is -2.41. The summed E-state index contributed by atoms with van der Waals surface area (Å²) < 4.78 is 23.1. The number of piperidine rings is 2. The van der Waals surface area contributed by atoms with Gasteiger partial charge in [-0.2, -0.15) is 9.97 Å². The third kappa shape index (κ3) is 4.35. The van der Waals surface area contributed by atoms with Crippen LogP contribution in [0.4, 0.5) is 10.2 Å². The predicted molar refractivity (Wildman–Crippen MR) is 161 cm³/mol. The summed E-state index contributed by atoms with van der Waals surface area (Å²) in [6, 6.07) is 11.8. The molecule has 4 aliphatic rings. The van der Waals surface area contributed by atoms with E-state index in [0.29, 0.717) is 34.4 Å². The van der Waals surface area contributed by atoms with Gasteiger partial charge in [-0.25, -0.2) is 4.39 Å². The first kappa shape index (κ1) is 25.7. The largest absolute Gasteiger partial charge is 0.461 e. The number of fused-ring (bicyclic) bond motifs is 5. The highest BCUT2D eigenvalue weighted by atomic mass is 35.5. The molecule has 4 fully saturated rings. The zero-order valence-electron chi connectivity index (χ0n) is 23.3. The van der Waals surface area contributed by atoms with Gasteiger partial charge in [0.25, 0.3) is 0 Å². The highest BCUT2D eigenvalue weighted by Gasteiger charge is 2.43. The minimum atomic E-state index is -0.457. The Balaban J connectivity index is 1.24. The highest BCUT2D eigenvalue weighted by Crippen LogP contribution is 2.42. The van der Waals surface area contributed by atoms with Crippen LogP contribution in [0, 0.1) is 17.7 Å². The van der Waals surface area contributed by atoms with Gasteiger partial charge >= 0.3 is 6.01 Å². The maximum absolute atomic E-state index is 16.6. The number of rotatable bonds is 5. The normalized spacial score (nSPS) is 26.1. The van der Waals surface area contributed by atoms with Crippen LogP contribution in [-0.2, 0) is 0 Å². The van der Waals surface area contributed by atoms with Crippen molar-refractivity contribution in [1.29, 1.82) is 0 Å². The van der Waals surface area contributed by atoms with Crippen LogP contribution in [0.2, 0.25) is 5.02 Å². The van der Waals surface area contributed by atoms with Crippen LogP contribution in [0.1, 0.15) is 51.4 Å². The molecule has 6 nitrogen and oxygen atoms in total. The van der Waals surface area contributed by atoms with Gasteiger partial charge in [-0.1, -0.05) is 48.4 Å². The van der Waals surface area contributed by atoms with Gasteiger partial charge in [0.1, 0.15) is 23.6 Å². The van der Waals surface area contributed by atoms with Crippen molar-refractivity contribution in [2.75, 3.05) is 37.7 Å². The van der Waals surface area contributed by atoms with Crippen LogP contribution >= 0.6 is 11.6 Å². The average molecular weight is 572 g/mol. The SMILES string of the molecule is Fc1c(-c2cccc3cccc(Cl)c23)ncc2c(N3CC4CCC(C4)C3)nc(OCC34CCCCN3CCC4)nc12. The lowest BCUT2D eigenvalue weighted by atomic mass is 9.87. The molecular formula is C33H35ClFN5O. The summed E-state index contributed by atoms with van der Waals surface area (Å²) in [5, 5.41) is 2.95. The van der Waals surface area contributed by atoms with Gasteiger partial charge in [0.05, 0.1) is 10.9 Å². The molecule has 3 aliphatic heterocycles. The average Bonchev–Trinajstić information content (AvgIpc) is 3.58. The number of halogens is 2. The van der Waals surface area contributed by atoms with Gasteiger partial charge in [-0.15, -0.1) is 0 Å². The summed E-state index contributed by atoms with van der Waals surface area (Å²) in [6.07, 6.45) is 11.5. The van der Waals surface area contributed by atoms with E-state index < -0.39 is 5.82 Å². The molecule has 5 heterocycles. The van der Waals surface area contributed by atoms with E-state index in [1.807, 2.05) is 36.4 Å². The van der Waals surface area contributed by atoms with E-state index in [-0.39, 0.29) is 22.8 Å². The first-order chi connectivity index (χ1) is 20.1. The number of nitrogens with zero attached hydrogens (tertiary/aromatic N) is 5. The fourth-order valence-corrected chi connectivity index (χ4v) is 8.49. The van der Waals surface area contributed by atoms with Gasteiger partial charge in [-0.05, 0) is 81.3 Å². The molecule has 2 aromatic carbocycles. The third-order valence-electron chi connectivity index (χ3n) is 10.2.